The molecule has 18 heavy (non-hydrogen) atoms. The molecule has 94 valence electrons. The molecule has 1 aromatic carbocycles. The molecule has 2 rings (SSSR count). The highest BCUT2D eigenvalue weighted by Crippen LogP contribution is 2.26. The maximum absolute atomic E-state index is 10.8. The highest BCUT2D eigenvalue weighted by molar-refractivity contribution is 9.10. The van der Waals surface area contributed by atoms with Crippen LogP contribution < -0.4 is 5.32 Å². The molecule has 1 aromatic heterocycles. The standard InChI is InChI=1S/C10H9BrN4O2S/c1-6-13-14-10(18-6)12-5-7-2-3-8(11)9(4-7)15(16)17/h2-4H,5H2,1H3,(H,12,14). The van der Waals surface area contributed by atoms with Crippen molar-refractivity contribution in [1.29, 1.82) is 0 Å². The molecule has 0 spiro atoms. The number of halogens is 1. The number of hydrogen-bond donors (Lipinski definition) is 1. The highest BCUT2D eigenvalue weighted by Gasteiger charge is 2.12. The number of aryl methyl sites for hydroxylation is 1. The Kier molecular flexibility index (Phi) is 3.87. The zero-order valence-corrected chi connectivity index (χ0v) is 11.8. The first-order chi connectivity index (χ1) is 8.56. The van der Waals surface area contributed by atoms with E-state index < -0.39 is 4.92 Å². The minimum atomic E-state index is -0.414. The van der Waals surface area contributed by atoms with Gasteiger partial charge in [0.15, 0.2) is 0 Å². The molecule has 0 radical (unpaired) electrons. The van der Waals surface area contributed by atoms with E-state index >= 15 is 0 Å². The number of nitro groups is 1. The van der Waals surface area contributed by atoms with Crippen molar-refractivity contribution < 1.29 is 4.92 Å². The van der Waals surface area contributed by atoms with Gasteiger partial charge in [0.05, 0.1) is 9.40 Å². The number of nitrogens with one attached hydrogen (secondary N) is 1. The van der Waals surface area contributed by atoms with Crippen LogP contribution in [-0.4, -0.2) is 15.1 Å². The maximum Gasteiger partial charge on any atom is 0.283 e. The molecule has 0 atom stereocenters. The normalized spacial score (nSPS) is 10.3. The van der Waals surface area contributed by atoms with Crippen LogP contribution in [0, 0.1) is 17.0 Å². The molecule has 2 aromatic rings. The molecule has 0 aliphatic carbocycles. The van der Waals surface area contributed by atoms with Crippen molar-refractivity contribution in [2.45, 2.75) is 13.5 Å². The van der Waals surface area contributed by atoms with E-state index in [0.717, 1.165) is 10.6 Å². The average molecular weight is 329 g/mol. The summed E-state index contributed by atoms with van der Waals surface area (Å²) in [5.41, 5.74) is 0.875. The van der Waals surface area contributed by atoms with E-state index in [1.54, 1.807) is 6.07 Å². The summed E-state index contributed by atoms with van der Waals surface area (Å²) in [5.74, 6) is 0. The number of hydrogen-bond acceptors (Lipinski definition) is 6. The zero-order chi connectivity index (χ0) is 13.1. The van der Waals surface area contributed by atoms with Crippen LogP contribution >= 0.6 is 27.3 Å². The van der Waals surface area contributed by atoms with E-state index in [1.165, 1.54) is 17.4 Å². The van der Waals surface area contributed by atoms with Gasteiger partial charge in [-0.1, -0.05) is 17.4 Å². The second-order valence-electron chi connectivity index (χ2n) is 3.52. The Hall–Kier alpha value is -1.54. The number of nitro benzene ring substituents is 1. The number of rotatable bonds is 4. The summed E-state index contributed by atoms with van der Waals surface area (Å²) < 4.78 is 0.475. The topological polar surface area (TPSA) is 81.0 Å². The highest BCUT2D eigenvalue weighted by atomic mass is 79.9. The lowest BCUT2D eigenvalue weighted by Crippen LogP contribution is -2.00. The molecule has 8 heteroatoms. The molecule has 0 amide bonds. The van der Waals surface area contributed by atoms with Crippen LogP contribution in [0.1, 0.15) is 10.6 Å². The molecule has 0 fully saturated rings. The van der Waals surface area contributed by atoms with Gasteiger partial charge in [-0.2, -0.15) is 0 Å². The Morgan fingerprint density at radius 2 is 2.28 bits per heavy atom. The van der Waals surface area contributed by atoms with Gasteiger partial charge in [0.25, 0.3) is 5.69 Å². The van der Waals surface area contributed by atoms with Crippen LogP contribution in [0.2, 0.25) is 0 Å². The number of aromatic nitrogens is 2. The van der Waals surface area contributed by atoms with Gasteiger partial charge in [-0.3, -0.25) is 10.1 Å². The minimum absolute atomic E-state index is 0.0581. The van der Waals surface area contributed by atoms with Crippen molar-refractivity contribution in [2.75, 3.05) is 5.32 Å². The summed E-state index contributed by atoms with van der Waals surface area (Å²) in [7, 11) is 0. The molecule has 0 saturated carbocycles. The monoisotopic (exact) mass is 328 g/mol. The first-order valence-corrected chi connectivity index (χ1v) is 6.64. The van der Waals surface area contributed by atoms with Crippen molar-refractivity contribution in [3.8, 4) is 0 Å². The van der Waals surface area contributed by atoms with Crippen molar-refractivity contribution >= 4 is 38.1 Å². The van der Waals surface area contributed by atoms with Crippen LogP contribution in [0.15, 0.2) is 22.7 Å². The van der Waals surface area contributed by atoms with Gasteiger partial charge < -0.3 is 5.32 Å². The van der Waals surface area contributed by atoms with Crippen LogP contribution in [0.5, 0.6) is 0 Å². The third kappa shape index (κ3) is 3.02. The summed E-state index contributed by atoms with van der Waals surface area (Å²) in [6.07, 6.45) is 0. The van der Waals surface area contributed by atoms with Gasteiger partial charge in [0.2, 0.25) is 5.13 Å². The van der Waals surface area contributed by atoms with E-state index in [2.05, 4.69) is 31.4 Å². The molecule has 6 nitrogen and oxygen atoms in total. The summed E-state index contributed by atoms with van der Waals surface area (Å²) in [6, 6.07) is 5.02. The molecular weight excluding hydrogens is 320 g/mol. The number of anilines is 1. The Labute approximate surface area is 115 Å². The molecular formula is C10H9BrN4O2S. The fourth-order valence-electron chi connectivity index (χ4n) is 1.35. The lowest BCUT2D eigenvalue weighted by atomic mass is 10.2. The van der Waals surface area contributed by atoms with E-state index in [-0.39, 0.29) is 5.69 Å². The zero-order valence-electron chi connectivity index (χ0n) is 9.38. The molecule has 0 bridgehead atoms. The van der Waals surface area contributed by atoms with Crippen LogP contribution in [0.4, 0.5) is 10.8 Å². The molecule has 1 heterocycles. The summed E-state index contributed by atoms with van der Waals surface area (Å²) >= 11 is 4.59. The molecule has 0 unspecified atom stereocenters. The van der Waals surface area contributed by atoms with Crippen molar-refractivity contribution in [1.82, 2.24) is 10.2 Å². The predicted molar refractivity (Wildman–Crippen MR) is 72.8 cm³/mol. The van der Waals surface area contributed by atoms with Crippen molar-refractivity contribution in [2.24, 2.45) is 0 Å². The Bertz CT molecular complexity index is 587. The van der Waals surface area contributed by atoms with Gasteiger partial charge in [-0.15, -0.1) is 10.2 Å². The minimum Gasteiger partial charge on any atom is -0.356 e. The second-order valence-corrected chi connectivity index (χ2v) is 5.56. The third-order valence-corrected chi connectivity index (χ3v) is 3.64. The van der Waals surface area contributed by atoms with E-state index in [1.807, 2.05) is 13.0 Å². The molecule has 0 saturated heterocycles. The quantitative estimate of drug-likeness (QED) is 0.688. The van der Waals surface area contributed by atoms with Crippen LogP contribution in [0.3, 0.4) is 0 Å². The Balaban J connectivity index is 2.10. The van der Waals surface area contributed by atoms with Crippen molar-refractivity contribution in [3.63, 3.8) is 0 Å². The van der Waals surface area contributed by atoms with Gasteiger partial charge >= 0.3 is 0 Å². The van der Waals surface area contributed by atoms with Crippen molar-refractivity contribution in [3.05, 3.63) is 43.4 Å². The maximum atomic E-state index is 10.8. The first kappa shape index (κ1) is 12.9. The SMILES string of the molecule is Cc1nnc(NCc2ccc(Br)c([N+](=O)[O-])c2)s1. The Morgan fingerprint density at radius 3 is 2.89 bits per heavy atom. The van der Waals surface area contributed by atoms with Crippen LogP contribution in [-0.2, 0) is 6.54 Å². The van der Waals surface area contributed by atoms with E-state index in [0.29, 0.717) is 16.1 Å². The predicted octanol–water partition coefficient (Wildman–Crippen LogP) is 3.13. The largest absolute Gasteiger partial charge is 0.356 e. The Morgan fingerprint density at radius 1 is 1.50 bits per heavy atom. The van der Waals surface area contributed by atoms with Gasteiger partial charge in [-0.25, -0.2) is 0 Å². The fourth-order valence-corrected chi connectivity index (χ4v) is 2.33. The van der Waals surface area contributed by atoms with E-state index in [9.17, 15) is 10.1 Å². The summed E-state index contributed by atoms with van der Waals surface area (Å²) in [6.45, 7) is 2.34. The second kappa shape index (κ2) is 5.40. The van der Waals surface area contributed by atoms with Gasteiger partial charge in [0.1, 0.15) is 5.01 Å². The molecule has 0 aliphatic heterocycles. The van der Waals surface area contributed by atoms with E-state index in [4.69, 9.17) is 0 Å². The van der Waals surface area contributed by atoms with Crippen LogP contribution in [0.25, 0.3) is 0 Å². The fraction of sp³-hybridized carbons (Fsp3) is 0.200. The lowest BCUT2D eigenvalue weighted by molar-refractivity contribution is -0.385. The lowest BCUT2D eigenvalue weighted by Gasteiger charge is -2.03. The third-order valence-electron chi connectivity index (χ3n) is 2.18. The van der Waals surface area contributed by atoms with Gasteiger partial charge in [0, 0.05) is 12.6 Å². The summed E-state index contributed by atoms with van der Waals surface area (Å²) in [4.78, 5) is 10.4. The smallest absolute Gasteiger partial charge is 0.283 e. The molecule has 0 aliphatic rings. The summed E-state index contributed by atoms with van der Waals surface area (Å²) in [5, 5.41) is 23.2. The molecule has 1 N–H and O–H groups in total. The number of benzene rings is 1. The number of nitrogens with zero attached hydrogens (tertiary/aromatic N) is 3. The van der Waals surface area contributed by atoms with Gasteiger partial charge in [-0.05, 0) is 34.5 Å². The first-order valence-electron chi connectivity index (χ1n) is 5.03. The average Bonchev–Trinajstić information content (AvgIpc) is 2.74.